The van der Waals surface area contributed by atoms with Crippen molar-refractivity contribution in [2.45, 2.75) is 13.0 Å². The minimum Gasteiger partial charge on any atom is -0.507 e. The third-order valence-electron chi connectivity index (χ3n) is 2.49. The van der Waals surface area contributed by atoms with Crippen LogP contribution in [0.4, 0.5) is 0 Å². The average molecular weight is 226 g/mol. The molecule has 1 unspecified atom stereocenters. The van der Waals surface area contributed by atoms with Gasteiger partial charge in [0.05, 0.1) is 11.7 Å². The Hall–Kier alpha value is -2.16. The molecule has 0 fully saturated rings. The molecule has 1 heterocycles. The molecule has 0 saturated carbocycles. The Labute approximate surface area is 100 Å². The Morgan fingerprint density at radius 1 is 1.18 bits per heavy atom. The highest BCUT2D eigenvalue weighted by Crippen LogP contribution is 2.16. The van der Waals surface area contributed by atoms with Crippen LogP contribution < -0.4 is 0 Å². The lowest BCUT2D eigenvalue weighted by Gasteiger charge is -2.04. The molecule has 0 spiro atoms. The van der Waals surface area contributed by atoms with Crippen molar-refractivity contribution in [2.24, 2.45) is 4.99 Å². The maximum absolute atomic E-state index is 9.59. The van der Waals surface area contributed by atoms with Gasteiger partial charge in [-0.1, -0.05) is 18.2 Å². The van der Waals surface area contributed by atoms with Gasteiger partial charge in [0, 0.05) is 18.0 Å². The fourth-order valence-corrected chi connectivity index (χ4v) is 1.49. The summed E-state index contributed by atoms with van der Waals surface area (Å²) in [5.74, 6) is 0.240. The van der Waals surface area contributed by atoms with E-state index in [1.807, 2.05) is 37.3 Å². The van der Waals surface area contributed by atoms with E-state index in [9.17, 15) is 5.11 Å². The molecule has 1 atom stereocenters. The number of phenolic OH excluding ortho intramolecular Hbond substituents is 1. The molecule has 1 N–H and O–H groups in total. The molecule has 3 nitrogen and oxygen atoms in total. The molecule has 0 bridgehead atoms. The number of pyridine rings is 1. The standard InChI is InChI=1S/C14H14N2O/c1-11(13-7-4-5-9-15-13)16-10-12-6-2-3-8-14(12)17/h2-11,17H,1H3. The van der Waals surface area contributed by atoms with Crippen LogP contribution in [-0.4, -0.2) is 16.3 Å². The number of hydrogen-bond donors (Lipinski definition) is 1. The molecule has 0 aliphatic heterocycles. The van der Waals surface area contributed by atoms with Crippen LogP contribution in [0.5, 0.6) is 5.75 Å². The van der Waals surface area contributed by atoms with E-state index in [1.165, 1.54) is 0 Å². The Kier molecular flexibility index (Phi) is 3.50. The summed E-state index contributed by atoms with van der Waals surface area (Å²) in [6.07, 6.45) is 3.43. The van der Waals surface area contributed by atoms with Crippen molar-refractivity contribution in [2.75, 3.05) is 0 Å². The fraction of sp³-hybridized carbons (Fsp3) is 0.143. The predicted molar refractivity (Wildman–Crippen MR) is 68.4 cm³/mol. The summed E-state index contributed by atoms with van der Waals surface area (Å²) in [7, 11) is 0. The van der Waals surface area contributed by atoms with Gasteiger partial charge in [-0.25, -0.2) is 0 Å². The number of rotatable bonds is 3. The largest absolute Gasteiger partial charge is 0.507 e. The first-order valence-electron chi connectivity index (χ1n) is 5.49. The van der Waals surface area contributed by atoms with Gasteiger partial charge >= 0.3 is 0 Å². The Morgan fingerprint density at radius 3 is 2.65 bits per heavy atom. The van der Waals surface area contributed by atoms with Gasteiger partial charge < -0.3 is 5.11 Å². The third kappa shape index (κ3) is 2.91. The van der Waals surface area contributed by atoms with Crippen LogP contribution in [-0.2, 0) is 0 Å². The van der Waals surface area contributed by atoms with Gasteiger partial charge in [0.2, 0.25) is 0 Å². The molecule has 0 radical (unpaired) electrons. The molecule has 86 valence electrons. The molecule has 2 aromatic rings. The molecule has 2 rings (SSSR count). The first kappa shape index (κ1) is 11.3. The molecular weight excluding hydrogens is 212 g/mol. The zero-order chi connectivity index (χ0) is 12.1. The summed E-state index contributed by atoms with van der Waals surface area (Å²) >= 11 is 0. The van der Waals surface area contributed by atoms with Crippen molar-refractivity contribution >= 4 is 6.21 Å². The van der Waals surface area contributed by atoms with Crippen molar-refractivity contribution in [3.8, 4) is 5.75 Å². The predicted octanol–water partition coefficient (Wildman–Crippen LogP) is 2.97. The fourth-order valence-electron chi connectivity index (χ4n) is 1.49. The number of para-hydroxylation sites is 1. The van der Waals surface area contributed by atoms with Gasteiger partial charge in [-0.3, -0.25) is 9.98 Å². The maximum atomic E-state index is 9.59. The maximum Gasteiger partial charge on any atom is 0.124 e. The topological polar surface area (TPSA) is 45.5 Å². The van der Waals surface area contributed by atoms with Crippen LogP contribution in [0.2, 0.25) is 0 Å². The van der Waals surface area contributed by atoms with Gasteiger partial charge in [-0.2, -0.15) is 0 Å². The number of aromatic nitrogens is 1. The number of hydrogen-bond acceptors (Lipinski definition) is 3. The number of aromatic hydroxyl groups is 1. The zero-order valence-electron chi connectivity index (χ0n) is 9.62. The van der Waals surface area contributed by atoms with E-state index in [4.69, 9.17) is 0 Å². The molecule has 0 amide bonds. The van der Waals surface area contributed by atoms with Crippen LogP contribution in [0, 0.1) is 0 Å². The average Bonchev–Trinajstić information content (AvgIpc) is 2.38. The number of nitrogens with zero attached hydrogens (tertiary/aromatic N) is 2. The van der Waals surface area contributed by atoms with Crippen molar-refractivity contribution < 1.29 is 5.11 Å². The minimum atomic E-state index is -0.0178. The van der Waals surface area contributed by atoms with Crippen LogP contribution in [0.3, 0.4) is 0 Å². The second-order valence-electron chi connectivity index (χ2n) is 3.77. The minimum absolute atomic E-state index is 0.0178. The second kappa shape index (κ2) is 5.25. The third-order valence-corrected chi connectivity index (χ3v) is 2.49. The number of aliphatic imine (C=N–C) groups is 1. The summed E-state index contributed by atoms with van der Waals surface area (Å²) in [6.45, 7) is 1.97. The van der Waals surface area contributed by atoms with Crippen molar-refractivity contribution in [3.63, 3.8) is 0 Å². The lowest BCUT2D eigenvalue weighted by Crippen LogP contribution is -1.94. The smallest absolute Gasteiger partial charge is 0.124 e. The highest BCUT2D eigenvalue weighted by molar-refractivity contribution is 5.83. The lowest BCUT2D eigenvalue weighted by atomic mass is 10.2. The summed E-state index contributed by atoms with van der Waals surface area (Å²) in [4.78, 5) is 8.62. The van der Waals surface area contributed by atoms with Crippen molar-refractivity contribution in [1.29, 1.82) is 0 Å². The molecule has 0 aliphatic rings. The summed E-state index contributed by atoms with van der Waals surface area (Å²) < 4.78 is 0. The first-order chi connectivity index (χ1) is 8.27. The summed E-state index contributed by atoms with van der Waals surface area (Å²) in [5, 5.41) is 9.59. The second-order valence-corrected chi connectivity index (χ2v) is 3.77. The van der Waals surface area contributed by atoms with Crippen LogP contribution in [0.25, 0.3) is 0 Å². The monoisotopic (exact) mass is 226 g/mol. The van der Waals surface area contributed by atoms with Crippen LogP contribution in [0.1, 0.15) is 24.2 Å². The summed E-state index contributed by atoms with van der Waals surface area (Å²) in [5.41, 5.74) is 1.63. The molecule has 1 aromatic carbocycles. The van der Waals surface area contributed by atoms with E-state index >= 15 is 0 Å². The molecular formula is C14H14N2O. The van der Waals surface area contributed by atoms with Gasteiger partial charge in [0.25, 0.3) is 0 Å². The lowest BCUT2D eigenvalue weighted by molar-refractivity contribution is 0.474. The van der Waals surface area contributed by atoms with Gasteiger partial charge in [-0.15, -0.1) is 0 Å². The van der Waals surface area contributed by atoms with Crippen LogP contribution >= 0.6 is 0 Å². The molecule has 0 saturated heterocycles. The Morgan fingerprint density at radius 2 is 1.94 bits per heavy atom. The molecule has 1 aromatic heterocycles. The van der Waals surface area contributed by atoms with Crippen LogP contribution in [0.15, 0.2) is 53.7 Å². The van der Waals surface area contributed by atoms with Crippen molar-refractivity contribution in [3.05, 3.63) is 59.9 Å². The normalized spacial score (nSPS) is 12.8. The van der Waals surface area contributed by atoms with Gasteiger partial charge in [0.1, 0.15) is 5.75 Å². The summed E-state index contributed by atoms with van der Waals surface area (Å²) in [6, 6.07) is 12.9. The van der Waals surface area contributed by atoms with E-state index in [0.29, 0.717) is 0 Å². The molecule has 3 heteroatoms. The quantitative estimate of drug-likeness (QED) is 0.818. The van der Waals surface area contributed by atoms with E-state index in [0.717, 1.165) is 11.3 Å². The van der Waals surface area contributed by atoms with Gasteiger partial charge in [0.15, 0.2) is 0 Å². The highest BCUT2D eigenvalue weighted by Gasteiger charge is 2.03. The first-order valence-corrected chi connectivity index (χ1v) is 5.49. The van der Waals surface area contributed by atoms with E-state index in [2.05, 4.69) is 9.98 Å². The molecule has 17 heavy (non-hydrogen) atoms. The highest BCUT2D eigenvalue weighted by atomic mass is 16.3. The number of benzene rings is 1. The number of phenols is 1. The molecule has 0 aliphatic carbocycles. The van der Waals surface area contributed by atoms with E-state index < -0.39 is 0 Å². The van der Waals surface area contributed by atoms with Gasteiger partial charge in [-0.05, 0) is 31.2 Å². The zero-order valence-corrected chi connectivity index (χ0v) is 9.62. The Bertz CT molecular complexity index is 509. The Balaban J connectivity index is 2.14. The van der Waals surface area contributed by atoms with Crippen molar-refractivity contribution in [1.82, 2.24) is 4.98 Å². The SMILES string of the molecule is CC(N=Cc1ccccc1O)c1ccccn1. The van der Waals surface area contributed by atoms with E-state index in [-0.39, 0.29) is 11.8 Å². The van der Waals surface area contributed by atoms with E-state index in [1.54, 1.807) is 24.5 Å².